The lowest BCUT2D eigenvalue weighted by molar-refractivity contribution is -0.138. The molecule has 0 aromatic rings. The van der Waals surface area contributed by atoms with Crippen LogP contribution in [0, 0.1) is 17.3 Å². The highest BCUT2D eigenvalue weighted by Crippen LogP contribution is 2.60. The summed E-state index contributed by atoms with van der Waals surface area (Å²) in [5.41, 5.74) is 0.557. The quantitative estimate of drug-likeness (QED) is 0.724. The Morgan fingerprint density at radius 1 is 1.25 bits per heavy atom. The van der Waals surface area contributed by atoms with Crippen LogP contribution in [-0.2, 0) is 14.3 Å². The Morgan fingerprint density at radius 3 is 2.19 bits per heavy atom. The van der Waals surface area contributed by atoms with Gasteiger partial charge in [-0.2, -0.15) is 0 Å². The van der Waals surface area contributed by atoms with Crippen LogP contribution < -0.4 is 0 Å². The number of rotatable bonds is 2. The summed E-state index contributed by atoms with van der Waals surface area (Å²) in [5.74, 6) is -1.42. The predicted octanol–water partition coefficient (Wildman–Crippen LogP) is 1.61. The van der Waals surface area contributed by atoms with Crippen LogP contribution >= 0.6 is 0 Å². The Morgan fingerprint density at radius 2 is 1.75 bits per heavy atom. The van der Waals surface area contributed by atoms with E-state index in [0.29, 0.717) is 5.57 Å². The average molecular weight is 224 g/mol. The molecule has 16 heavy (non-hydrogen) atoms. The van der Waals surface area contributed by atoms with Crippen molar-refractivity contribution in [2.24, 2.45) is 17.3 Å². The summed E-state index contributed by atoms with van der Waals surface area (Å²) in [7, 11) is 1.30. The molecule has 2 atom stereocenters. The first-order valence-corrected chi connectivity index (χ1v) is 5.47. The van der Waals surface area contributed by atoms with Gasteiger partial charge in [0.25, 0.3) is 0 Å². The monoisotopic (exact) mass is 224 g/mol. The Bertz CT molecular complexity index is 392. The topological polar surface area (TPSA) is 63.6 Å². The number of methoxy groups -OCH3 is 1. The second-order valence-electron chi connectivity index (χ2n) is 5.13. The smallest absolute Gasteiger partial charge is 0.334 e. The molecule has 0 amide bonds. The van der Waals surface area contributed by atoms with E-state index in [4.69, 9.17) is 4.74 Å². The Balaban J connectivity index is 2.52. The maximum absolute atomic E-state index is 11.7. The summed E-state index contributed by atoms with van der Waals surface area (Å²) in [6, 6.07) is 0. The fraction of sp³-hybridized carbons (Fsp3) is 0.667. The highest BCUT2D eigenvalue weighted by Gasteiger charge is 2.56. The molecular formula is C12H16O4. The molecule has 4 nitrogen and oxygen atoms in total. The van der Waals surface area contributed by atoms with E-state index in [1.165, 1.54) is 7.11 Å². The van der Waals surface area contributed by atoms with Crippen molar-refractivity contribution in [2.75, 3.05) is 7.11 Å². The number of carbonyl (C=O) groups excluding carboxylic acids is 1. The van der Waals surface area contributed by atoms with Crippen LogP contribution in [0.4, 0.5) is 0 Å². The molecule has 2 bridgehead atoms. The van der Waals surface area contributed by atoms with E-state index in [1.54, 1.807) is 0 Å². The maximum atomic E-state index is 11.7. The average Bonchev–Trinajstić information content (AvgIpc) is 2.64. The van der Waals surface area contributed by atoms with E-state index < -0.39 is 11.9 Å². The van der Waals surface area contributed by atoms with Crippen LogP contribution in [0.15, 0.2) is 11.1 Å². The standard InChI is InChI=1S/C12H16O4/c1-12(2)6-4-5-7(12)9(11(15)16-3)8(6)10(13)14/h6-7H,4-5H2,1-3H3,(H,13,14). The molecule has 0 aromatic carbocycles. The molecule has 0 heterocycles. The number of hydrogen-bond donors (Lipinski definition) is 1. The van der Waals surface area contributed by atoms with E-state index in [2.05, 4.69) is 0 Å². The third-order valence-corrected chi connectivity index (χ3v) is 4.16. The van der Waals surface area contributed by atoms with Gasteiger partial charge in [-0.15, -0.1) is 0 Å². The summed E-state index contributed by atoms with van der Waals surface area (Å²) in [6.07, 6.45) is 1.75. The molecule has 88 valence electrons. The molecule has 0 aromatic heterocycles. The van der Waals surface area contributed by atoms with E-state index in [0.717, 1.165) is 12.8 Å². The lowest BCUT2D eigenvalue weighted by Gasteiger charge is -2.25. The Hall–Kier alpha value is -1.32. The van der Waals surface area contributed by atoms with Crippen LogP contribution in [0.2, 0.25) is 0 Å². The molecule has 2 rings (SSSR count). The van der Waals surface area contributed by atoms with Gasteiger partial charge in [0.2, 0.25) is 0 Å². The van der Waals surface area contributed by atoms with Gasteiger partial charge in [-0.05, 0) is 30.1 Å². The molecule has 4 heteroatoms. The normalized spacial score (nSPS) is 30.7. The highest BCUT2D eigenvalue weighted by atomic mass is 16.5. The molecule has 0 saturated heterocycles. The molecule has 0 aliphatic heterocycles. The van der Waals surface area contributed by atoms with Gasteiger partial charge in [0.05, 0.1) is 18.3 Å². The summed E-state index contributed by atoms with van der Waals surface area (Å²) in [5, 5.41) is 9.22. The van der Waals surface area contributed by atoms with Crippen LogP contribution in [0.25, 0.3) is 0 Å². The van der Waals surface area contributed by atoms with E-state index in [-0.39, 0.29) is 22.8 Å². The van der Waals surface area contributed by atoms with Crippen molar-refractivity contribution >= 4 is 11.9 Å². The number of ether oxygens (including phenoxy) is 1. The van der Waals surface area contributed by atoms with Gasteiger partial charge in [0.1, 0.15) is 0 Å². The van der Waals surface area contributed by atoms with Crippen LogP contribution in [0.5, 0.6) is 0 Å². The number of carbonyl (C=O) groups is 2. The number of fused-ring (bicyclic) bond motifs is 2. The third-order valence-electron chi connectivity index (χ3n) is 4.16. The number of hydrogen-bond acceptors (Lipinski definition) is 3. The van der Waals surface area contributed by atoms with Gasteiger partial charge < -0.3 is 9.84 Å². The van der Waals surface area contributed by atoms with Gasteiger partial charge in [0, 0.05) is 0 Å². The van der Waals surface area contributed by atoms with Gasteiger partial charge in [-0.3, -0.25) is 0 Å². The van der Waals surface area contributed by atoms with Crippen molar-refractivity contribution < 1.29 is 19.4 Å². The zero-order valence-electron chi connectivity index (χ0n) is 9.74. The van der Waals surface area contributed by atoms with E-state index in [1.807, 2.05) is 13.8 Å². The van der Waals surface area contributed by atoms with Crippen molar-refractivity contribution in [2.45, 2.75) is 26.7 Å². The lowest BCUT2D eigenvalue weighted by atomic mass is 9.79. The van der Waals surface area contributed by atoms with E-state index in [9.17, 15) is 14.7 Å². The van der Waals surface area contributed by atoms with Crippen LogP contribution in [0.3, 0.4) is 0 Å². The van der Waals surface area contributed by atoms with Gasteiger partial charge >= 0.3 is 11.9 Å². The molecule has 2 aliphatic rings. The largest absolute Gasteiger partial charge is 0.478 e. The summed E-state index contributed by atoms with van der Waals surface area (Å²) >= 11 is 0. The van der Waals surface area contributed by atoms with Gasteiger partial charge in [0.15, 0.2) is 0 Å². The van der Waals surface area contributed by atoms with Crippen molar-refractivity contribution in [3.63, 3.8) is 0 Å². The summed E-state index contributed by atoms with van der Waals surface area (Å²) in [4.78, 5) is 22.9. The van der Waals surface area contributed by atoms with Crippen LogP contribution in [0.1, 0.15) is 26.7 Å². The van der Waals surface area contributed by atoms with Crippen molar-refractivity contribution in [3.05, 3.63) is 11.1 Å². The Labute approximate surface area is 94.3 Å². The minimum atomic E-state index is -0.972. The zero-order chi connectivity index (χ0) is 12.1. The molecule has 0 radical (unpaired) electrons. The summed E-state index contributed by atoms with van der Waals surface area (Å²) in [6.45, 7) is 4.07. The molecule has 1 N–H and O–H groups in total. The first kappa shape index (κ1) is 11.2. The fourth-order valence-electron chi connectivity index (χ4n) is 3.35. The van der Waals surface area contributed by atoms with Gasteiger partial charge in [-0.1, -0.05) is 13.8 Å². The SMILES string of the molecule is COC(=O)C1=C(C(=O)O)C2CCC1C2(C)C. The minimum absolute atomic E-state index is 0.0101. The zero-order valence-corrected chi connectivity index (χ0v) is 9.74. The fourth-order valence-corrected chi connectivity index (χ4v) is 3.35. The van der Waals surface area contributed by atoms with Crippen molar-refractivity contribution in [1.29, 1.82) is 0 Å². The Kier molecular flexibility index (Phi) is 2.33. The molecule has 2 aliphatic carbocycles. The van der Waals surface area contributed by atoms with E-state index >= 15 is 0 Å². The number of esters is 1. The lowest BCUT2D eigenvalue weighted by Crippen LogP contribution is -2.22. The second kappa shape index (κ2) is 3.34. The number of carboxylic acid groups (broad SMARTS) is 1. The molecule has 1 fully saturated rings. The first-order chi connectivity index (χ1) is 7.41. The number of aliphatic carboxylic acids is 1. The maximum Gasteiger partial charge on any atom is 0.334 e. The van der Waals surface area contributed by atoms with Crippen molar-refractivity contribution in [3.8, 4) is 0 Å². The van der Waals surface area contributed by atoms with Crippen LogP contribution in [-0.4, -0.2) is 24.2 Å². The molecule has 1 saturated carbocycles. The van der Waals surface area contributed by atoms with Gasteiger partial charge in [-0.25, -0.2) is 9.59 Å². The minimum Gasteiger partial charge on any atom is -0.478 e. The predicted molar refractivity (Wildman–Crippen MR) is 56.7 cm³/mol. The first-order valence-electron chi connectivity index (χ1n) is 5.47. The number of carboxylic acids is 1. The van der Waals surface area contributed by atoms with Crippen molar-refractivity contribution in [1.82, 2.24) is 0 Å². The molecule has 2 unspecified atom stereocenters. The third kappa shape index (κ3) is 1.22. The highest BCUT2D eigenvalue weighted by molar-refractivity contribution is 6.02. The summed E-state index contributed by atoms with van der Waals surface area (Å²) < 4.78 is 4.70. The molecule has 0 spiro atoms. The molecular weight excluding hydrogens is 208 g/mol. The second-order valence-corrected chi connectivity index (χ2v) is 5.13.